The largest absolute Gasteiger partial charge is 0.744 e. The first-order valence-electron chi connectivity index (χ1n) is 8.25. The van der Waals surface area contributed by atoms with Gasteiger partial charge in [-0.2, -0.15) is 0 Å². The molecule has 0 atom stereocenters. The first-order valence-corrected chi connectivity index (χ1v) is 9.66. The van der Waals surface area contributed by atoms with Gasteiger partial charge in [-0.25, -0.2) is 8.42 Å². The Hall–Kier alpha value is -2.05. The standard InChI is InChI=1S/C8H6O7S.3C3H9N/c9-7(10)4-1-5(8(11)12)3-6(2-4)16(13,14)15;3*1-4(2)3/h1-3H,(H,9,10)(H,11,12)(H,13,14,15);3*1-3H3. The van der Waals surface area contributed by atoms with E-state index in [0.717, 1.165) is 0 Å². The average Bonchev–Trinajstić information content (AvgIpc) is 2.43. The molecule has 0 aliphatic heterocycles. The van der Waals surface area contributed by atoms with Crippen molar-refractivity contribution < 1.29 is 47.5 Å². The molecular formula is C17H33N3O7S. The van der Waals surface area contributed by atoms with E-state index in [9.17, 15) is 32.8 Å². The summed E-state index contributed by atoms with van der Waals surface area (Å²) in [5.41, 5.74) is -1.45. The summed E-state index contributed by atoms with van der Waals surface area (Å²) in [6, 6.07) is 1.67. The number of carboxylic acid groups (broad SMARTS) is 2. The Morgan fingerprint density at radius 1 is 0.679 bits per heavy atom. The van der Waals surface area contributed by atoms with Crippen LogP contribution in [0.2, 0.25) is 0 Å². The highest BCUT2D eigenvalue weighted by Gasteiger charge is 2.07. The van der Waals surface area contributed by atoms with Crippen LogP contribution in [0.3, 0.4) is 0 Å². The zero-order valence-electron chi connectivity index (χ0n) is 18.0. The molecule has 11 heteroatoms. The molecular weight excluding hydrogens is 390 g/mol. The number of carbonyl (C=O) groups excluding carboxylic acids is 2. The van der Waals surface area contributed by atoms with E-state index in [4.69, 9.17) is 0 Å². The van der Waals surface area contributed by atoms with E-state index in [1.165, 1.54) is 14.7 Å². The molecule has 0 radical (unpaired) electrons. The van der Waals surface area contributed by atoms with Crippen LogP contribution in [0, 0.1) is 0 Å². The maximum atomic E-state index is 10.6. The van der Waals surface area contributed by atoms with Crippen LogP contribution >= 0.6 is 0 Å². The van der Waals surface area contributed by atoms with Crippen molar-refractivity contribution >= 4 is 22.1 Å². The van der Waals surface area contributed by atoms with Crippen LogP contribution in [0.15, 0.2) is 23.1 Å². The highest BCUT2D eigenvalue weighted by atomic mass is 32.2. The van der Waals surface area contributed by atoms with Crippen molar-refractivity contribution in [1.82, 2.24) is 0 Å². The van der Waals surface area contributed by atoms with E-state index in [0.29, 0.717) is 18.2 Å². The van der Waals surface area contributed by atoms with E-state index >= 15 is 0 Å². The zero-order chi connectivity index (χ0) is 23.2. The van der Waals surface area contributed by atoms with Crippen LogP contribution < -0.4 is 24.9 Å². The summed E-state index contributed by atoms with van der Waals surface area (Å²) in [4.78, 5) is 24.2. The molecule has 1 rings (SSSR count). The first-order chi connectivity index (χ1) is 12.4. The Bertz CT molecular complexity index is 648. The smallest absolute Gasteiger partial charge is 0.124 e. The molecule has 0 aliphatic rings. The van der Waals surface area contributed by atoms with Gasteiger partial charge in [0.15, 0.2) is 0 Å². The molecule has 0 heterocycles. The lowest BCUT2D eigenvalue weighted by molar-refractivity contribution is -0.836. The van der Waals surface area contributed by atoms with Crippen molar-refractivity contribution in [3.8, 4) is 0 Å². The lowest BCUT2D eigenvalue weighted by Gasteiger charge is -2.13. The van der Waals surface area contributed by atoms with E-state index in [-0.39, 0.29) is 0 Å². The molecule has 10 nitrogen and oxygen atoms in total. The SMILES string of the molecule is C[NH+](C)C.C[NH+](C)C.C[NH+](C)C.O=C([O-])c1cc(C(=O)[O-])cc(S(=O)(=O)[O-])c1. The molecule has 28 heavy (non-hydrogen) atoms. The summed E-state index contributed by atoms with van der Waals surface area (Å²) in [6.07, 6.45) is 0. The number of carbonyl (C=O) groups is 2. The molecule has 0 saturated heterocycles. The Labute approximate surface area is 167 Å². The molecule has 1 aromatic rings. The Morgan fingerprint density at radius 2 is 0.893 bits per heavy atom. The molecule has 0 amide bonds. The third kappa shape index (κ3) is 22.0. The second kappa shape index (κ2) is 14.9. The van der Waals surface area contributed by atoms with Gasteiger partial charge in [0, 0.05) is 0 Å². The van der Waals surface area contributed by atoms with E-state index in [2.05, 4.69) is 63.4 Å². The Morgan fingerprint density at radius 3 is 1.04 bits per heavy atom. The molecule has 0 aromatic heterocycles. The normalized spacial score (nSPS) is 10.2. The summed E-state index contributed by atoms with van der Waals surface area (Å²) in [7, 11) is 13.8. The van der Waals surface area contributed by atoms with Crippen molar-refractivity contribution in [2.45, 2.75) is 4.90 Å². The molecule has 1 aromatic carbocycles. The first kappa shape index (κ1) is 30.7. The van der Waals surface area contributed by atoms with Crippen LogP contribution in [0.25, 0.3) is 0 Å². The third-order valence-corrected chi connectivity index (χ3v) is 2.48. The van der Waals surface area contributed by atoms with Crippen molar-refractivity contribution in [1.29, 1.82) is 0 Å². The van der Waals surface area contributed by atoms with Crippen molar-refractivity contribution in [2.24, 2.45) is 0 Å². The summed E-state index contributed by atoms with van der Waals surface area (Å²) >= 11 is 0. The predicted molar refractivity (Wildman–Crippen MR) is 99.3 cm³/mol. The van der Waals surface area contributed by atoms with E-state index in [1.54, 1.807) is 0 Å². The minimum atomic E-state index is -4.95. The van der Waals surface area contributed by atoms with Crippen LogP contribution in [0.5, 0.6) is 0 Å². The van der Waals surface area contributed by atoms with Crippen LogP contribution in [-0.4, -0.2) is 88.3 Å². The molecule has 3 N–H and O–H groups in total. The average molecular weight is 424 g/mol. The Kier molecular flexibility index (Phi) is 16.4. The molecule has 0 fully saturated rings. The van der Waals surface area contributed by atoms with Crippen molar-refractivity contribution in [3.63, 3.8) is 0 Å². The minimum Gasteiger partial charge on any atom is -0.744 e. The summed E-state index contributed by atoms with van der Waals surface area (Å²) in [5, 5.41) is 20.9. The fourth-order valence-corrected chi connectivity index (χ4v) is 1.52. The number of rotatable bonds is 3. The van der Waals surface area contributed by atoms with Crippen molar-refractivity contribution in [3.05, 3.63) is 29.3 Å². The van der Waals surface area contributed by atoms with Gasteiger partial charge in [0.2, 0.25) is 0 Å². The maximum absolute atomic E-state index is 10.6. The molecule has 0 aliphatic carbocycles. The summed E-state index contributed by atoms with van der Waals surface area (Å²) in [5.74, 6) is -3.60. The van der Waals surface area contributed by atoms with E-state index in [1.807, 2.05) is 0 Å². The molecule has 0 spiro atoms. The van der Waals surface area contributed by atoms with Gasteiger partial charge in [-0.05, 0) is 29.3 Å². The topological polar surface area (TPSA) is 151 Å². The number of hydrogen-bond donors (Lipinski definition) is 3. The maximum Gasteiger partial charge on any atom is 0.124 e. The Balaban J connectivity index is -0.000000427. The highest BCUT2D eigenvalue weighted by molar-refractivity contribution is 7.85. The summed E-state index contributed by atoms with van der Waals surface area (Å²) in [6.45, 7) is 0. The zero-order valence-corrected chi connectivity index (χ0v) is 18.8. The monoisotopic (exact) mass is 423 g/mol. The second-order valence-electron chi connectivity index (χ2n) is 7.28. The van der Waals surface area contributed by atoms with Gasteiger partial charge in [-0.1, -0.05) is 0 Å². The molecule has 0 unspecified atom stereocenters. The fraction of sp³-hybridized carbons (Fsp3) is 0.529. The van der Waals surface area contributed by atoms with Crippen LogP contribution in [0.1, 0.15) is 20.7 Å². The van der Waals surface area contributed by atoms with Gasteiger partial charge in [-0.15, -0.1) is 0 Å². The number of hydrogen-bond acceptors (Lipinski definition) is 7. The third-order valence-electron chi connectivity index (χ3n) is 1.67. The van der Waals surface area contributed by atoms with Crippen LogP contribution in [0.4, 0.5) is 0 Å². The molecule has 164 valence electrons. The summed E-state index contributed by atoms with van der Waals surface area (Å²) < 4.78 is 31.8. The van der Waals surface area contributed by atoms with Gasteiger partial charge in [0.1, 0.15) is 10.1 Å². The number of benzene rings is 1. The predicted octanol–water partition coefficient (Wildman–Crippen LogP) is -6.40. The number of aromatic carboxylic acids is 2. The van der Waals surface area contributed by atoms with Crippen molar-refractivity contribution in [2.75, 3.05) is 63.4 Å². The van der Waals surface area contributed by atoms with Gasteiger partial charge in [0.05, 0.1) is 80.3 Å². The van der Waals surface area contributed by atoms with Gasteiger partial charge < -0.3 is 39.1 Å². The number of nitrogens with one attached hydrogen (secondary N) is 3. The quantitative estimate of drug-likeness (QED) is 0.409. The molecule has 0 bridgehead atoms. The van der Waals surface area contributed by atoms with Gasteiger partial charge >= 0.3 is 0 Å². The number of carboxylic acids is 2. The number of quaternary nitrogens is 3. The minimum absolute atomic E-state index is 0.518. The van der Waals surface area contributed by atoms with Gasteiger partial charge in [-0.3, -0.25) is 0 Å². The lowest BCUT2D eigenvalue weighted by Crippen LogP contribution is -3.02. The molecule has 0 saturated carbocycles. The fourth-order valence-electron chi connectivity index (χ4n) is 0.979. The van der Waals surface area contributed by atoms with E-state index < -0.39 is 38.1 Å². The lowest BCUT2D eigenvalue weighted by atomic mass is 10.1. The second-order valence-corrected chi connectivity index (χ2v) is 8.65. The van der Waals surface area contributed by atoms with Crippen LogP contribution in [-0.2, 0) is 10.1 Å². The van der Waals surface area contributed by atoms with Gasteiger partial charge in [0.25, 0.3) is 0 Å². The highest BCUT2D eigenvalue weighted by Crippen LogP contribution is 2.14.